The lowest BCUT2D eigenvalue weighted by Crippen LogP contribution is -2.03. The summed E-state index contributed by atoms with van der Waals surface area (Å²) in [6, 6.07) is 4.52. The van der Waals surface area contributed by atoms with E-state index in [0.29, 0.717) is 0 Å². The van der Waals surface area contributed by atoms with E-state index in [-0.39, 0.29) is 5.02 Å². The lowest BCUT2D eigenvalue weighted by atomic mass is 10.3. The second kappa shape index (κ2) is 4.63. The number of aromatic nitrogens is 2. The van der Waals surface area contributed by atoms with Gasteiger partial charge in [0, 0.05) is 18.3 Å². The molecule has 0 aliphatic rings. The minimum absolute atomic E-state index is 0.100. The smallest absolute Gasteiger partial charge is 0.141 e. The van der Waals surface area contributed by atoms with Crippen molar-refractivity contribution in [1.29, 1.82) is 0 Å². The third-order valence-electron chi connectivity index (χ3n) is 2.18. The molecule has 0 spiro atoms. The van der Waals surface area contributed by atoms with Crippen LogP contribution in [-0.4, -0.2) is 16.8 Å². The fourth-order valence-corrected chi connectivity index (χ4v) is 1.60. The van der Waals surface area contributed by atoms with Gasteiger partial charge in [-0.15, -0.1) is 0 Å². The van der Waals surface area contributed by atoms with Crippen LogP contribution >= 0.6 is 11.6 Å². The molecule has 1 aromatic carbocycles. The monoisotopic (exact) mass is 239 g/mol. The maximum Gasteiger partial charge on any atom is 0.141 e. The molecule has 0 fully saturated rings. The molecule has 84 valence electrons. The van der Waals surface area contributed by atoms with Crippen LogP contribution in [0.5, 0.6) is 0 Å². The number of benzene rings is 1. The minimum Gasteiger partial charge on any atom is -0.316 e. The summed E-state index contributed by atoms with van der Waals surface area (Å²) in [5.74, 6) is -0.423. The molecule has 1 aromatic heterocycles. The summed E-state index contributed by atoms with van der Waals surface area (Å²) < 4.78 is 14.6. The fourth-order valence-electron chi connectivity index (χ4n) is 1.42. The molecular weight excluding hydrogens is 229 g/mol. The van der Waals surface area contributed by atoms with Crippen LogP contribution in [0.25, 0.3) is 5.69 Å². The van der Waals surface area contributed by atoms with Gasteiger partial charge >= 0.3 is 0 Å². The second-order valence-corrected chi connectivity index (χ2v) is 3.83. The summed E-state index contributed by atoms with van der Waals surface area (Å²) in [5.41, 5.74) is 1.80. The van der Waals surface area contributed by atoms with Gasteiger partial charge in [0.05, 0.1) is 16.9 Å². The highest BCUT2D eigenvalue weighted by Gasteiger charge is 2.04. The van der Waals surface area contributed by atoms with Crippen molar-refractivity contribution in [2.24, 2.45) is 0 Å². The summed E-state index contributed by atoms with van der Waals surface area (Å²) in [5, 5.41) is 7.30. The van der Waals surface area contributed by atoms with Crippen LogP contribution in [0.4, 0.5) is 4.39 Å². The fraction of sp³-hybridized carbons (Fsp3) is 0.182. The van der Waals surface area contributed by atoms with E-state index in [4.69, 9.17) is 11.6 Å². The molecule has 0 saturated carbocycles. The number of rotatable bonds is 3. The normalized spacial score (nSPS) is 10.7. The molecule has 2 aromatic rings. The van der Waals surface area contributed by atoms with Gasteiger partial charge in [-0.05, 0) is 25.2 Å². The molecule has 1 N–H and O–H groups in total. The zero-order valence-corrected chi connectivity index (χ0v) is 9.50. The summed E-state index contributed by atoms with van der Waals surface area (Å²) in [4.78, 5) is 0. The van der Waals surface area contributed by atoms with Crippen molar-refractivity contribution in [2.45, 2.75) is 6.54 Å². The summed E-state index contributed by atoms with van der Waals surface area (Å²) in [6.45, 7) is 0.745. The Morgan fingerprint density at radius 1 is 1.50 bits per heavy atom. The van der Waals surface area contributed by atoms with Crippen molar-refractivity contribution in [2.75, 3.05) is 7.05 Å². The van der Waals surface area contributed by atoms with Crippen molar-refractivity contribution >= 4 is 11.6 Å². The van der Waals surface area contributed by atoms with Crippen LogP contribution < -0.4 is 5.32 Å². The Morgan fingerprint density at radius 3 is 3.00 bits per heavy atom. The Morgan fingerprint density at radius 2 is 2.31 bits per heavy atom. The first-order chi connectivity index (χ1) is 7.70. The molecule has 0 amide bonds. The molecule has 0 unspecified atom stereocenters. The van der Waals surface area contributed by atoms with E-state index in [1.165, 1.54) is 6.07 Å². The van der Waals surface area contributed by atoms with Crippen LogP contribution in [0, 0.1) is 5.82 Å². The van der Waals surface area contributed by atoms with Crippen molar-refractivity contribution in [3.63, 3.8) is 0 Å². The second-order valence-electron chi connectivity index (χ2n) is 3.42. The first-order valence-electron chi connectivity index (χ1n) is 4.84. The highest BCUT2D eigenvalue weighted by molar-refractivity contribution is 6.30. The third-order valence-corrected chi connectivity index (χ3v) is 2.47. The lowest BCUT2D eigenvalue weighted by molar-refractivity contribution is 0.627. The molecule has 3 nitrogen and oxygen atoms in total. The molecule has 16 heavy (non-hydrogen) atoms. The SMILES string of the molecule is CNCc1cnn(-c2ccc(F)c(Cl)c2)c1. The van der Waals surface area contributed by atoms with Gasteiger partial charge in [0.15, 0.2) is 0 Å². The van der Waals surface area contributed by atoms with Gasteiger partial charge in [-0.25, -0.2) is 9.07 Å². The van der Waals surface area contributed by atoms with E-state index in [2.05, 4.69) is 10.4 Å². The standard InChI is InChI=1S/C11H11ClFN3/c1-14-5-8-6-15-16(7-8)9-2-3-11(13)10(12)4-9/h2-4,6-7,14H,5H2,1H3. The van der Waals surface area contributed by atoms with E-state index in [1.807, 2.05) is 13.2 Å². The van der Waals surface area contributed by atoms with Crippen molar-refractivity contribution in [1.82, 2.24) is 15.1 Å². The first kappa shape index (κ1) is 11.1. The molecule has 0 aliphatic carbocycles. The highest BCUT2D eigenvalue weighted by Crippen LogP contribution is 2.18. The van der Waals surface area contributed by atoms with Crippen LogP contribution in [0.2, 0.25) is 5.02 Å². The molecule has 0 aliphatic heterocycles. The van der Waals surface area contributed by atoms with E-state index in [1.54, 1.807) is 23.0 Å². The third kappa shape index (κ3) is 2.23. The number of hydrogen-bond acceptors (Lipinski definition) is 2. The predicted octanol–water partition coefficient (Wildman–Crippen LogP) is 2.38. The van der Waals surface area contributed by atoms with Gasteiger partial charge in [-0.1, -0.05) is 11.6 Å². The number of hydrogen-bond donors (Lipinski definition) is 1. The summed E-state index contributed by atoms with van der Waals surface area (Å²) in [6.07, 6.45) is 3.63. The van der Waals surface area contributed by atoms with E-state index >= 15 is 0 Å². The Kier molecular flexibility index (Phi) is 3.22. The van der Waals surface area contributed by atoms with E-state index < -0.39 is 5.82 Å². The topological polar surface area (TPSA) is 29.9 Å². The van der Waals surface area contributed by atoms with Crippen molar-refractivity contribution < 1.29 is 4.39 Å². The van der Waals surface area contributed by atoms with Crippen LogP contribution in [0.3, 0.4) is 0 Å². The van der Waals surface area contributed by atoms with Crippen LogP contribution in [0.15, 0.2) is 30.6 Å². The largest absolute Gasteiger partial charge is 0.316 e. The van der Waals surface area contributed by atoms with Crippen molar-refractivity contribution in [3.8, 4) is 5.69 Å². The maximum absolute atomic E-state index is 13.0. The Balaban J connectivity index is 2.31. The molecule has 5 heteroatoms. The highest BCUT2D eigenvalue weighted by atomic mass is 35.5. The van der Waals surface area contributed by atoms with Gasteiger partial charge in [0.1, 0.15) is 5.82 Å². The summed E-state index contributed by atoms with van der Waals surface area (Å²) >= 11 is 5.70. The zero-order valence-electron chi connectivity index (χ0n) is 8.74. The van der Waals surface area contributed by atoms with Crippen LogP contribution in [-0.2, 0) is 6.54 Å². The Bertz CT molecular complexity index is 496. The molecule has 0 bridgehead atoms. The van der Waals surface area contributed by atoms with Gasteiger partial charge < -0.3 is 5.32 Å². The van der Waals surface area contributed by atoms with Gasteiger partial charge in [0.25, 0.3) is 0 Å². The molecule has 2 rings (SSSR count). The van der Waals surface area contributed by atoms with E-state index in [9.17, 15) is 4.39 Å². The first-order valence-corrected chi connectivity index (χ1v) is 5.22. The molecule has 0 saturated heterocycles. The lowest BCUT2D eigenvalue weighted by Gasteiger charge is -2.02. The van der Waals surface area contributed by atoms with Gasteiger partial charge in [-0.3, -0.25) is 0 Å². The Labute approximate surface area is 97.8 Å². The Hall–Kier alpha value is -1.39. The average Bonchev–Trinajstić information content (AvgIpc) is 2.71. The number of nitrogens with zero attached hydrogens (tertiary/aromatic N) is 2. The minimum atomic E-state index is -0.423. The average molecular weight is 240 g/mol. The van der Waals surface area contributed by atoms with E-state index in [0.717, 1.165) is 17.8 Å². The molecule has 1 heterocycles. The summed E-state index contributed by atoms with van der Waals surface area (Å²) in [7, 11) is 1.87. The van der Waals surface area contributed by atoms with Crippen LogP contribution in [0.1, 0.15) is 5.56 Å². The van der Waals surface area contributed by atoms with Gasteiger partial charge in [-0.2, -0.15) is 5.10 Å². The molecule has 0 atom stereocenters. The maximum atomic E-state index is 13.0. The number of nitrogens with one attached hydrogen (secondary N) is 1. The molecule has 0 radical (unpaired) electrons. The number of halogens is 2. The molecular formula is C11H11ClFN3. The quantitative estimate of drug-likeness (QED) is 0.891. The predicted molar refractivity (Wildman–Crippen MR) is 61.3 cm³/mol. The van der Waals surface area contributed by atoms with Gasteiger partial charge in [0.2, 0.25) is 0 Å². The van der Waals surface area contributed by atoms with Crippen molar-refractivity contribution in [3.05, 3.63) is 47.0 Å². The zero-order chi connectivity index (χ0) is 11.5.